The van der Waals surface area contributed by atoms with Gasteiger partial charge in [0.15, 0.2) is 0 Å². The van der Waals surface area contributed by atoms with E-state index in [1.165, 1.54) is 11.1 Å². The van der Waals surface area contributed by atoms with E-state index in [2.05, 4.69) is 43.3 Å². The summed E-state index contributed by atoms with van der Waals surface area (Å²) in [5.41, 5.74) is 3.68. The Hall–Kier alpha value is -1.31. The van der Waals surface area contributed by atoms with E-state index in [4.69, 9.17) is 0 Å². The number of pyridine rings is 1. The molecule has 0 atom stereocenters. The van der Waals surface area contributed by atoms with Gasteiger partial charge in [0.2, 0.25) is 0 Å². The Morgan fingerprint density at radius 1 is 1.23 bits per heavy atom. The highest BCUT2D eigenvalue weighted by molar-refractivity contribution is 5.48. The van der Waals surface area contributed by atoms with Crippen LogP contribution in [0.3, 0.4) is 0 Å². The normalized spacial score (nSPS) is 10.9. The fourth-order valence-corrected chi connectivity index (χ4v) is 1.46. The summed E-state index contributed by atoms with van der Waals surface area (Å²) in [6.07, 6.45) is 4.18. The summed E-state index contributed by atoms with van der Waals surface area (Å²) in [5.74, 6) is 0. The molecule has 2 nitrogen and oxygen atoms in total. The summed E-state index contributed by atoms with van der Waals surface area (Å²) in [5, 5.41) is 4.46. The highest BCUT2D eigenvalue weighted by Crippen LogP contribution is 2.09. The number of aryl methyl sites for hydroxylation is 2. The van der Waals surface area contributed by atoms with E-state index in [-0.39, 0.29) is 0 Å². The molecule has 0 aliphatic carbocycles. The van der Waals surface area contributed by atoms with Crippen LogP contribution in [-0.4, -0.2) is 9.61 Å². The van der Waals surface area contributed by atoms with Gasteiger partial charge in [0.1, 0.15) is 0 Å². The molecule has 0 aromatic carbocycles. The third-order valence-electron chi connectivity index (χ3n) is 2.34. The molecule has 0 amide bonds. The molecule has 0 saturated carbocycles. The molecular weight excluding hydrogens is 160 g/mol. The van der Waals surface area contributed by atoms with Crippen LogP contribution in [0.5, 0.6) is 0 Å². The summed E-state index contributed by atoms with van der Waals surface area (Å²) in [7, 11) is 0. The van der Waals surface area contributed by atoms with Crippen molar-refractivity contribution in [1.29, 1.82) is 0 Å². The van der Waals surface area contributed by atoms with Crippen LogP contribution < -0.4 is 0 Å². The lowest BCUT2D eigenvalue weighted by Crippen LogP contribution is -1.90. The third-order valence-corrected chi connectivity index (χ3v) is 2.34. The average molecular weight is 174 g/mol. The molecule has 2 aromatic rings. The molecule has 0 aliphatic heterocycles. The Bertz CT molecular complexity index is 413. The molecule has 0 saturated heterocycles. The number of aromatic nitrogens is 2. The fraction of sp³-hybridized carbons (Fsp3) is 0.364. The Labute approximate surface area is 78.2 Å². The lowest BCUT2D eigenvalue weighted by Gasteiger charge is -1.96. The summed E-state index contributed by atoms with van der Waals surface area (Å²) >= 11 is 0. The van der Waals surface area contributed by atoms with Crippen LogP contribution in [0.2, 0.25) is 0 Å². The van der Waals surface area contributed by atoms with Crippen molar-refractivity contribution in [3.8, 4) is 0 Å². The van der Waals surface area contributed by atoms with Crippen LogP contribution in [0.4, 0.5) is 0 Å². The maximum atomic E-state index is 4.46. The van der Waals surface area contributed by atoms with Gasteiger partial charge in [0.05, 0.1) is 11.2 Å². The van der Waals surface area contributed by atoms with Crippen molar-refractivity contribution < 1.29 is 0 Å². The zero-order chi connectivity index (χ0) is 9.26. The lowest BCUT2D eigenvalue weighted by atomic mass is 10.2. The largest absolute Gasteiger partial charge is 0.240 e. The first kappa shape index (κ1) is 8.30. The number of hydrogen-bond acceptors (Lipinski definition) is 1. The maximum absolute atomic E-state index is 4.46. The van der Waals surface area contributed by atoms with Gasteiger partial charge in [-0.3, -0.25) is 0 Å². The van der Waals surface area contributed by atoms with Crippen LogP contribution >= 0.6 is 0 Å². The average Bonchev–Trinajstić information content (AvgIpc) is 2.58. The van der Waals surface area contributed by atoms with Gasteiger partial charge in [-0.1, -0.05) is 19.9 Å². The number of rotatable bonds is 2. The van der Waals surface area contributed by atoms with E-state index >= 15 is 0 Å². The summed E-state index contributed by atoms with van der Waals surface area (Å²) < 4.78 is 1.97. The van der Waals surface area contributed by atoms with Gasteiger partial charge in [-0.2, -0.15) is 5.10 Å². The minimum Gasteiger partial charge on any atom is -0.240 e. The molecule has 2 heterocycles. The molecule has 0 radical (unpaired) electrons. The van der Waals surface area contributed by atoms with Crippen molar-refractivity contribution in [2.24, 2.45) is 0 Å². The first-order chi connectivity index (χ1) is 6.33. The quantitative estimate of drug-likeness (QED) is 0.683. The summed E-state index contributed by atoms with van der Waals surface area (Å²) in [6, 6.07) is 6.43. The van der Waals surface area contributed by atoms with Crippen molar-refractivity contribution in [1.82, 2.24) is 9.61 Å². The zero-order valence-corrected chi connectivity index (χ0v) is 8.12. The van der Waals surface area contributed by atoms with Crippen molar-refractivity contribution in [3.05, 3.63) is 35.7 Å². The lowest BCUT2D eigenvalue weighted by molar-refractivity contribution is 0.885. The summed E-state index contributed by atoms with van der Waals surface area (Å²) in [4.78, 5) is 0. The van der Waals surface area contributed by atoms with Crippen LogP contribution in [0, 0.1) is 0 Å². The van der Waals surface area contributed by atoms with Crippen molar-refractivity contribution >= 4 is 5.52 Å². The highest BCUT2D eigenvalue weighted by atomic mass is 15.2. The van der Waals surface area contributed by atoms with E-state index in [1.54, 1.807) is 0 Å². The molecule has 68 valence electrons. The Balaban J connectivity index is 2.57. The maximum Gasteiger partial charge on any atom is 0.0664 e. The van der Waals surface area contributed by atoms with Crippen LogP contribution in [-0.2, 0) is 12.8 Å². The first-order valence-corrected chi connectivity index (χ1v) is 4.80. The van der Waals surface area contributed by atoms with E-state index in [9.17, 15) is 0 Å². The molecular formula is C11H14N2. The van der Waals surface area contributed by atoms with Crippen molar-refractivity contribution in [2.75, 3.05) is 0 Å². The second-order valence-corrected chi connectivity index (χ2v) is 3.25. The van der Waals surface area contributed by atoms with Crippen molar-refractivity contribution in [2.45, 2.75) is 26.7 Å². The molecule has 0 aliphatic rings. The standard InChI is InChI=1S/C11H14N2/c1-3-9-5-6-11-7-10(4-2)12-13(11)8-9/h5-8H,3-4H2,1-2H3. The molecule has 2 aromatic heterocycles. The number of fused-ring (bicyclic) bond motifs is 1. The summed E-state index contributed by atoms with van der Waals surface area (Å²) in [6.45, 7) is 4.29. The van der Waals surface area contributed by atoms with Crippen LogP contribution in [0.15, 0.2) is 24.4 Å². The minimum atomic E-state index is 1.00. The topological polar surface area (TPSA) is 17.3 Å². The second kappa shape index (κ2) is 3.21. The van der Waals surface area contributed by atoms with Gasteiger partial charge >= 0.3 is 0 Å². The minimum absolute atomic E-state index is 1.00. The molecule has 13 heavy (non-hydrogen) atoms. The molecule has 0 spiro atoms. The van der Waals surface area contributed by atoms with Gasteiger partial charge in [0.25, 0.3) is 0 Å². The Kier molecular flexibility index (Phi) is 2.05. The molecule has 0 bridgehead atoms. The van der Waals surface area contributed by atoms with Gasteiger partial charge in [-0.15, -0.1) is 0 Å². The van der Waals surface area contributed by atoms with Gasteiger partial charge in [-0.25, -0.2) is 4.52 Å². The predicted molar refractivity (Wildman–Crippen MR) is 53.9 cm³/mol. The third kappa shape index (κ3) is 1.44. The monoisotopic (exact) mass is 174 g/mol. The van der Waals surface area contributed by atoms with Crippen molar-refractivity contribution in [3.63, 3.8) is 0 Å². The highest BCUT2D eigenvalue weighted by Gasteiger charge is 1.99. The molecule has 2 rings (SSSR count). The van der Waals surface area contributed by atoms with E-state index in [1.807, 2.05) is 4.52 Å². The van der Waals surface area contributed by atoms with Crippen LogP contribution in [0.1, 0.15) is 25.1 Å². The zero-order valence-electron chi connectivity index (χ0n) is 8.12. The van der Waals surface area contributed by atoms with Gasteiger partial charge < -0.3 is 0 Å². The number of hydrogen-bond donors (Lipinski definition) is 0. The fourth-order valence-electron chi connectivity index (χ4n) is 1.46. The van der Waals surface area contributed by atoms with Gasteiger partial charge in [-0.05, 0) is 30.5 Å². The number of nitrogens with zero attached hydrogens (tertiary/aromatic N) is 2. The van der Waals surface area contributed by atoms with Crippen LogP contribution in [0.25, 0.3) is 5.52 Å². The Morgan fingerprint density at radius 3 is 2.77 bits per heavy atom. The smallest absolute Gasteiger partial charge is 0.0664 e. The van der Waals surface area contributed by atoms with E-state index in [0.717, 1.165) is 18.5 Å². The molecule has 2 heteroatoms. The molecule has 0 unspecified atom stereocenters. The van der Waals surface area contributed by atoms with E-state index < -0.39 is 0 Å². The van der Waals surface area contributed by atoms with E-state index in [0.29, 0.717) is 0 Å². The first-order valence-electron chi connectivity index (χ1n) is 4.80. The predicted octanol–water partition coefficient (Wildman–Crippen LogP) is 2.46. The second-order valence-electron chi connectivity index (χ2n) is 3.25. The molecule has 0 fully saturated rings. The Morgan fingerprint density at radius 2 is 2.08 bits per heavy atom. The SMILES string of the molecule is CCc1ccc2cc(CC)nn2c1. The molecule has 0 N–H and O–H groups in total. The van der Waals surface area contributed by atoms with Gasteiger partial charge in [0, 0.05) is 6.20 Å².